The van der Waals surface area contributed by atoms with E-state index in [1.54, 1.807) is 10.7 Å². The number of aromatic nitrogens is 8. The first-order chi connectivity index (χ1) is 29.0. The monoisotopic (exact) mass is 930 g/mol. The highest BCUT2D eigenvalue weighted by Crippen LogP contribution is 2.39. The Kier molecular flexibility index (Phi) is 14.2. The SMILES string of the molecule is CC1(C)OB(C2=CCOCC2)OC1(C)C.O=c1[nH]c(COCc2ccccc2)nn2c(C3=CCOCC3)ncc12.O=c1[nH]c(COCc2ccccc2)nn2c(I)ncc12. The van der Waals surface area contributed by atoms with Crippen LogP contribution in [0.1, 0.15) is 69.1 Å². The summed E-state index contributed by atoms with van der Waals surface area (Å²) in [6.07, 6.45) is 8.77. The lowest BCUT2D eigenvalue weighted by Gasteiger charge is -2.32. The van der Waals surface area contributed by atoms with Crippen molar-refractivity contribution in [3.05, 3.63) is 144 Å². The molecule has 0 aliphatic carbocycles. The molecule has 0 unspecified atom stereocenters. The second-order valence-corrected chi connectivity index (χ2v) is 16.2. The number of benzene rings is 2. The van der Waals surface area contributed by atoms with Crippen molar-refractivity contribution < 1.29 is 28.3 Å². The van der Waals surface area contributed by atoms with Gasteiger partial charge in [-0.15, -0.1) is 10.2 Å². The molecule has 2 N–H and O–H groups in total. The van der Waals surface area contributed by atoms with Crippen LogP contribution in [0, 0.1) is 3.83 Å². The van der Waals surface area contributed by atoms with Crippen molar-refractivity contribution >= 4 is 46.3 Å². The van der Waals surface area contributed by atoms with Crippen LogP contribution in [0.3, 0.4) is 0 Å². The Labute approximate surface area is 360 Å². The highest BCUT2D eigenvalue weighted by molar-refractivity contribution is 14.1. The number of halogens is 1. The molecule has 4 aromatic heterocycles. The van der Waals surface area contributed by atoms with Gasteiger partial charge in [0.05, 0.1) is 63.2 Å². The number of imidazole rings is 2. The van der Waals surface area contributed by atoms with Gasteiger partial charge in [-0.2, -0.15) is 0 Å². The predicted octanol–water partition coefficient (Wildman–Crippen LogP) is 5.64. The number of hydrogen-bond acceptors (Lipinski definition) is 12. The van der Waals surface area contributed by atoms with Crippen molar-refractivity contribution in [1.82, 2.24) is 39.2 Å². The fraction of sp³-hybridized carbons (Fsp3) is 0.381. The normalized spacial score (nSPS) is 17.1. The third-order valence-electron chi connectivity index (χ3n) is 10.4. The highest BCUT2D eigenvalue weighted by atomic mass is 127. The maximum absolute atomic E-state index is 12.3. The zero-order valence-corrected chi connectivity index (χ0v) is 36.2. The first-order valence-electron chi connectivity index (χ1n) is 19.7. The van der Waals surface area contributed by atoms with Gasteiger partial charge in [-0.1, -0.05) is 72.8 Å². The molecule has 0 amide bonds. The lowest BCUT2D eigenvalue weighted by Crippen LogP contribution is -2.41. The molecule has 9 rings (SSSR count). The van der Waals surface area contributed by atoms with Crippen molar-refractivity contribution in [2.75, 3.05) is 26.4 Å². The third-order valence-corrected chi connectivity index (χ3v) is 11.1. The van der Waals surface area contributed by atoms with Crippen LogP contribution in [0.2, 0.25) is 0 Å². The Morgan fingerprint density at radius 2 is 1.22 bits per heavy atom. The maximum atomic E-state index is 12.3. The summed E-state index contributed by atoms with van der Waals surface area (Å²) in [5.41, 5.74) is 4.35. The van der Waals surface area contributed by atoms with Crippen molar-refractivity contribution in [1.29, 1.82) is 0 Å². The molecule has 1 saturated heterocycles. The van der Waals surface area contributed by atoms with E-state index in [1.165, 1.54) is 16.2 Å². The average Bonchev–Trinajstić information content (AvgIpc) is 3.92. The molecule has 0 radical (unpaired) electrons. The molecule has 0 saturated carbocycles. The predicted molar refractivity (Wildman–Crippen MR) is 233 cm³/mol. The number of H-pyrrole nitrogens is 2. The topological polar surface area (TPSA) is 181 Å². The molecule has 2 aromatic carbocycles. The van der Waals surface area contributed by atoms with Crippen molar-refractivity contribution in [3.63, 3.8) is 0 Å². The molecule has 0 atom stereocenters. The number of hydrogen-bond donors (Lipinski definition) is 2. The Balaban J connectivity index is 0.000000141. The van der Waals surface area contributed by atoms with E-state index in [0.717, 1.165) is 36.1 Å². The molecular weight excluding hydrogens is 882 g/mol. The molecule has 60 heavy (non-hydrogen) atoms. The number of nitrogens with zero attached hydrogens (tertiary/aromatic N) is 6. The van der Waals surface area contributed by atoms with Crippen LogP contribution in [0.5, 0.6) is 0 Å². The number of aromatic amines is 2. The van der Waals surface area contributed by atoms with Gasteiger partial charge in [0.25, 0.3) is 11.1 Å². The van der Waals surface area contributed by atoms with Gasteiger partial charge >= 0.3 is 7.12 Å². The Bertz CT molecular complexity index is 2540. The minimum atomic E-state index is -0.239. The highest BCUT2D eigenvalue weighted by Gasteiger charge is 2.52. The summed E-state index contributed by atoms with van der Waals surface area (Å²) < 4.78 is 37.5. The Hall–Kier alpha value is -4.83. The molecule has 0 spiro atoms. The van der Waals surface area contributed by atoms with Gasteiger partial charge in [0, 0.05) is 22.6 Å². The summed E-state index contributed by atoms with van der Waals surface area (Å²) in [4.78, 5) is 38.0. The van der Waals surface area contributed by atoms with Crippen LogP contribution in [0.15, 0.2) is 100 Å². The quantitative estimate of drug-likeness (QED) is 0.128. The molecule has 6 aromatic rings. The van der Waals surface area contributed by atoms with Gasteiger partial charge in [-0.25, -0.2) is 19.0 Å². The van der Waals surface area contributed by atoms with E-state index in [4.69, 9.17) is 28.3 Å². The smallest absolute Gasteiger partial charge is 0.400 e. The first kappa shape index (κ1) is 43.3. The lowest BCUT2D eigenvalue weighted by molar-refractivity contribution is 0.00578. The van der Waals surface area contributed by atoms with E-state index >= 15 is 0 Å². The van der Waals surface area contributed by atoms with Crippen LogP contribution in [0.4, 0.5) is 0 Å². The molecule has 18 heteroatoms. The number of fused-ring (bicyclic) bond motifs is 2. The molecule has 1 fully saturated rings. The maximum Gasteiger partial charge on any atom is 0.490 e. The zero-order chi connectivity index (χ0) is 42.1. The van der Waals surface area contributed by atoms with E-state index in [9.17, 15) is 9.59 Å². The number of rotatable bonds is 10. The van der Waals surface area contributed by atoms with E-state index in [1.807, 2.05) is 89.3 Å². The van der Waals surface area contributed by atoms with Crippen molar-refractivity contribution in [3.8, 4) is 0 Å². The summed E-state index contributed by atoms with van der Waals surface area (Å²) in [5.74, 6) is 1.64. The molecule has 3 aliphatic rings. The van der Waals surface area contributed by atoms with Crippen LogP contribution < -0.4 is 11.1 Å². The summed E-state index contributed by atoms with van der Waals surface area (Å²) in [5, 5.41) is 8.79. The molecule has 16 nitrogen and oxygen atoms in total. The second-order valence-electron chi connectivity index (χ2n) is 15.2. The average molecular weight is 931 g/mol. The largest absolute Gasteiger partial charge is 0.490 e. The van der Waals surface area contributed by atoms with E-state index < -0.39 is 0 Å². The Morgan fingerprint density at radius 3 is 1.75 bits per heavy atom. The minimum Gasteiger partial charge on any atom is -0.400 e. The van der Waals surface area contributed by atoms with Crippen LogP contribution in [0.25, 0.3) is 16.6 Å². The van der Waals surface area contributed by atoms with Crippen LogP contribution >= 0.6 is 22.6 Å². The Morgan fingerprint density at radius 1 is 0.700 bits per heavy atom. The van der Waals surface area contributed by atoms with E-state index in [0.29, 0.717) is 65.4 Å². The number of nitrogens with one attached hydrogen (secondary N) is 2. The van der Waals surface area contributed by atoms with E-state index in [-0.39, 0.29) is 42.7 Å². The summed E-state index contributed by atoms with van der Waals surface area (Å²) in [7, 11) is -0.182. The summed E-state index contributed by atoms with van der Waals surface area (Å²) >= 11 is 2.03. The van der Waals surface area contributed by atoms with Gasteiger partial charge in [0.15, 0.2) is 32.3 Å². The molecular formula is C42H48BIN8O8. The van der Waals surface area contributed by atoms with Gasteiger partial charge in [-0.05, 0) is 62.7 Å². The first-order valence-corrected chi connectivity index (χ1v) is 20.8. The van der Waals surface area contributed by atoms with Gasteiger partial charge in [0.2, 0.25) is 0 Å². The van der Waals surface area contributed by atoms with Gasteiger partial charge < -0.3 is 38.2 Å². The summed E-state index contributed by atoms with van der Waals surface area (Å²) in [6, 6.07) is 19.7. The molecule has 3 aliphatic heterocycles. The van der Waals surface area contributed by atoms with Crippen molar-refractivity contribution in [2.24, 2.45) is 0 Å². The standard InChI is InChI=1S/C18H18N4O3.C13H11IN4O2.C11H19BO3/c23-18-15-10-19-17(14-6-8-24-9-7-14)22(15)21-16(20-18)12-25-11-13-4-2-1-3-5-13;14-13-15-6-10-12(19)16-11(17-18(10)13)8-20-7-9-4-2-1-3-5-9;1-10(2)11(3,4)15-12(14-10)9-5-7-13-8-6-9/h1-6,10H,7-9,11-12H2,(H,20,21,23);1-6H,7-8H2,(H,16,17,19);5H,6-8H2,1-4H3. The fourth-order valence-electron chi connectivity index (χ4n) is 6.36. The molecule has 7 heterocycles. The lowest BCUT2D eigenvalue weighted by atomic mass is 9.75. The second kappa shape index (κ2) is 19.7. The molecule has 314 valence electrons. The van der Waals surface area contributed by atoms with Gasteiger partial charge in [0.1, 0.15) is 13.2 Å². The van der Waals surface area contributed by atoms with Crippen molar-refractivity contribution in [2.45, 2.75) is 78.2 Å². The third kappa shape index (κ3) is 10.7. The minimum absolute atomic E-state index is 0.182. The van der Waals surface area contributed by atoms with Crippen LogP contribution in [-0.2, 0) is 54.7 Å². The fourth-order valence-corrected chi connectivity index (χ4v) is 6.87. The molecule has 0 bridgehead atoms. The number of ether oxygens (including phenoxy) is 4. The van der Waals surface area contributed by atoms with Crippen LogP contribution in [-0.4, -0.2) is 83.9 Å². The van der Waals surface area contributed by atoms with Gasteiger partial charge in [-0.3, -0.25) is 9.59 Å². The zero-order valence-electron chi connectivity index (χ0n) is 34.1. The van der Waals surface area contributed by atoms with E-state index in [2.05, 4.69) is 63.9 Å². The summed E-state index contributed by atoms with van der Waals surface area (Å²) in [6.45, 7) is 12.4.